The molecule has 2 atom stereocenters. The summed E-state index contributed by atoms with van der Waals surface area (Å²) in [5.74, 6) is -2.42. The summed E-state index contributed by atoms with van der Waals surface area (Å²) < 4.78 is 31.0. The number of ether oxygens (including phenoxy) is 1. The Labute approximate surface area is 114 Å². The van der Waals surface area contributed by atoms with Crippen LogP contribution in [0.25, 0.3) is 0 Å². The maximum Gasteiger partial charge on any atom is 0.248 e. The molecule has 2 heterocycles. The van der Waals surface area contributed by atoms with Crippen LogP contribution in [-0.4, -0.2) is 39.7 Å². The number of carbonyl (C=O) groups is 1. The third-order valence-corrected chi connectivity index (χ3v) is 3.79. The minimum atomic E-state index is -2.58. The normalized spacial score (nSPS) is 29.1. The zero-order valence-electron chi connectivity index (χ0n) is 10.8. The van der Waals surface area contributed by atoms with Crippen LogP contribution in [0.4, 0.5) is 8.78 Å². The highest BCUT2D eigenvalue weighted by Crippen LogP contribution is 2.44. The second-order valence-electron chi connectivity index (χ2n) is 5.46. The Kier molecular flexibility index (Phi) is 3.41. The van der Waals surface area contributed by atoms with Gasteiger partial charge < -0.3 is 10.1 Å². The molecule has 2 fully saturated rings. The van der Waals surface area contributed by atoms with Crippen molar-refractivity contribution in [1.29, 1.82) is 0 Å². The number of carbonyl (C=O) groups excluding carboxylic acids is 1. The number of hydrogen-bond acceptors (Lipinski definition) is 4. The highest BCUT2D eigenvalue weighted by atomic mass is 19.3. The number of H-pyrrole nitrogens is 1. The van der Waals surface area contributed by atoms with E-state index in [4.69, 9.17) is 4.74 Å². The summed E-state index contributed by atoms with van der Waals surface area (Å²) in [7, 11) is 0. The first-order chi connectivity index (χ1) is 9.53. The SMILES string of the molecule is O=C(CC1CC(F)(F)C1)N[C@H]1CCO[C@H]1c1ncn[nH]1. The van der Waals surface area contributed by atoms with Gasteiger partial charge in [-0.05, 0) is 12.3 Å². The number of amides is 1. The van der Waals surface area contributed by atoms with Crippen molar-refractivity contribution >= 4 is 5.91 Å². The van der Waals surface area contributed by atoms with E-state index in [-0.39, 0.29) is 43.2 Å². The lowest BCUT2D eigenvalue weighted by Crippen LogP contribution is -2.42. The summed E-state index contributed by atoms with van der Waals surface area (Å²) in [6.07, 6.45) is 1.49. The number of halogens is 2. The van der Waals surface area contributed by atoms with Gasteiger partial charge in [-0.3, -0.25) is 9.89 Å². The Bertz CT molecular complexity index is 472. The molecule has 1 saturated heterocycles. The van der Waals surface area contributed by atoms with Crippen LogP contribution in [0.5, 0.6) is 0 Å². The second-order valence-corrected chi connectivity index (χ2v) is 5.46. The molecule has 3 rings (SSSR count). The van der Waals surface area contributed by atoms with Gasteiger partial charge in [0.1, 0.15) is 12.4 Å². The summed E-state index contributed by atoms with van der Waals surface area (Å²) in [6, 6.07) is -0.184. The third kappa shape index (κ3) is 2.79. The topological polar surface area (TPSA) is 79.9 Å². The van der Waals surface area contributed by atoms with E-state index in [0.717, 1.165) is 0 Å². The smallest absolute Gasteiger partial charge is 0.248 e. The van der Waals surface area contributed by atoms with E-state index < -0.39 is 5.92 Å². The summed E-state index contributed by atoms with van der Waals surface area (Å²) in [4.78, 5) is 15.9. The van der Waals surface area contributed by atoms with Gasteiger partial charge in [-0.15, -0.1) is 0 Å². The van der Waals surface area contributed by atoms with Gasteiger partial charge in [0.15, 0.2) is 5.82 Å². The van der Waals surface area contributed by atoms with E-state index in [0.29, 0.717) is 18.9 Å². The lowest BCUT2D eigenvalue weighted by molar-refractivity contribution is -0.134. The van der Waals surface area contributed by atoms with Crippen molar-refractivity contribution in [2.24, 2.45) is 5.92 Å². The molecule has 0 aromatic carbocycles. The number of aromatic nitrogens is 3. The van der Waals surface area contributed by atoms with E-state index >= 15 is 0 Å². The molecule has 1 saturated carbocycles. The van der Waals surface area contributed by atoms with Crippen molar-refractivity contribution in [1.82, 2.24) is 20.5 Å². The average Bonchev–Trinajstić information content (AvgIpc) is 2.95. The van der Waals surface area contributed by atoms with Crippen molar-refractivity contribution in [2.75, 3.05) is 6.61 Å². The summed E-state index contributed by atoms with van der Waals surface area (Å²) >= 11 is 0. The van der Waals surface area contributed by atoms with E-state index in [2.05, 4.69) is 20.5 Å². The standard InChI is InChI=1S/C12H16F2N4O2/c13-12(14)4-7(5-12)3-9(19)17-8-1-2-20-10(8)11-15-6-16-18-11/h6-8,10H,1-5H2,(H,17,19)(H,15,16,18)/t8-,10+/m0/s1. The molecule has 8 heteroatoms. The van der Waals surface area contributed by atoms with E-state index in [1.165, 1.54) is 6.33 Å². The van der Waals surface area contributed by atoms with Crippen LogP contribution in [0.15, 0.2) is 6.33 Å². The van der Waals surface area contributed by atoms with Crippen molar-refractivity contribution in [2.45, 2.75) is 43.8 Å². The first-order valence-electron chi connectivity index (χ1n) is 6.67. The summed E-state index contributed by atoms with van der Waals surface area (Å²) in [5, 5.41) is 9.32. The van der Waals surface area contributed by atoms with Gasteiger partial charge in [0.2, 0.25) is 11.8 Å². The molecule has 0 radical (unpaired) electrons. The number of nitrogens with one attached hydrogen (secondary N) is 2. The van der Waals surface area contributed by atoms with Crippen molar-refractivity contribution < 1.29 is 18.3 Å². The average molecular weight is 286 g/mol. The molecule has 0 unspecified atom stereocenters. The molecule has 1 aliphatic heterocycles. The van der Waals surface area contributed by atoms with Crippen molar-refractivity contribution in [3.8, 4) is 0 Å². The number of rotatable bonds is 4. The maximum atomic E-state index is 12.7. The Morgan fingerprint density at radius 2 is 2.35 bits per heavy atom. The molecule has 2 aliphatic rings. The minimum absolute atomic E-state index is 0.148. The van der Waals surface area contributed by atoms with Gasteiger partial charge in [0.25, 0.3) is 0 Å². The van der Waals surface area contributed by atoms with Gasteiger partial charge in [-0.2, -0.15) is 5.10 Å². The number of aromatic amines is 1. The van der Waals surface area contributed by atoms with Gasteiger partial charge in [-0.25, -0.2) is 13.8 Å². The Morgan fingerprint density at radius 3 is 3.00 bits per heavy atom. The zero-order chi connectivity index (χ0) is 14.2. The number of hydrogen-bond donors (Lipinski definition) is 2. The predicted octanol–water partition coefficient (Wildman–Crippen LogP) is 1.19. The zero-order valence-corrected chi connectivity index (χ0v) is 10.8. The minimum Gasteiger partial charge on any atom is -0.368 e. The molecule has 0 spiro atoms. The van der Waals surface area contributed by atoms with Crippen LogP contribution >= 0.6 is 0 Å². The van der Waals surface area contributed by atoms with Crippen LogP contribution in [0.3, 0.4) is 0 Å². The fourth-order valence-corrected chi connectivity index (χ4v) is 2.82. The van der Waals surface area contributed by atoms with Crippen LogP contribution in [0.1, 0.15) is 37.6 Å². The third-order valence-electron chi connectivity index (χ3n) is 3.79. The Balaban J connectivity index is 1.51. The molecule has 0 bridgehead atoms. The van der Waals surface area contributed by atoms with Gasteiger partial charge in [0, 0.05) is 25.9 Å². The molecule has 1 aromatic rings. The van der Waals surface area contributed by atoms with Crippen LogP contribution in [0, 0.1) is 5.92 Å². The summed E-state index contributed by atoms with van der Waals surface area (Å²) in [6.45, 7) is 0.526. The Morgan fingerprint density at radius 1 is 1.55 bits per heavy atom. The molecule has 1 aromatic heterocycles. The highest BCUT2D eigenvalue weighted by Gasteiger charge is 2.46. The van der Waals surface area contributed by atoms with Crippen LogP contribution in [0.2, 0.25) is 0 Å². The van der Waals surface area contributed by atoms with Gasteiger partial charge in [-0.1, -0.05) is 0 Å². The van der Waals surface area contributed by atoms with E-state index in [1.54, 1.807) is 0 Å². The lowest BCUT2D eigenvalue weighted by Gasteiger charge is -2.34. The van der Waals surface area contributed by atoms with Gasteiger partial charge in [0.05, 0.1) is 6.04 Å². The number of nitrogens with zero attached hydrogens (tertiary/aromatic N) is 2. The molecule has 2 N–H and O–H groups in total. The van der Waals surface area contributed by atoms with Crippen LogP contribution < -0.4 is 5.32 Å². The predicted molar refractivity (Wildman–Crippen MR) is 63.9 cm³/mol. The Hall–Kier alpha value is -1.57. The fraction of sp³-hybridized carbons (Fsp3) is 0.750. The van der Waals surface area contributed by atoms with Crippen LogP contribution in [-0.2, 0) is 9.53 Å². The first-order valence-corrected chi connectivity index (χ1v) is 6.67. The van der Waals surface area contributed by atoms with Gasteiger partial charge >= 0.3 is 0 Å². The van der Waals surface area contributed by atoms with E-state index in [1.807, 2.05) is 0 Å². The monoisotopic (exact) mass is 286 g/mol. The molecule has 1 amide bonds. The second kappa shape index (κ2) is 5.08. The van der Waals surface area contributed by atoms with Crippen molar-refractivity contribution in [3.63, 3.8) is 0 Å². The van der Waals surface area contributed by atoms with Crippen molar-refractivity contribution in [3.05, 3.63) is 12.2 Å². The quantitative estimate of drug-likeness (QED) is 0.871. The highest BCUT2D eigenvalue weighted by molar-refractivity contribution is 5.76. The molecule has 20 heavy (non-hydrogen) atoms. The largest absolute Gasteiger partial charge is 0.368 e. The molecular formula is C12H16F2N4O2. The molecule has 6 nitrogen and oxygen atoms in total. The lowest BCUT2D eigenvalue weighted by atomic mass is 9.79. The summed E-state index contributed by atoms with van der Waals surface area (Å²) in [5.41, 5.74) is 0. The molecule has 110 valence electrons. The molecular weight excluding hydrogens is 270 g/mol. The van der Waals surface area contributed by atoms with E-state index in [9.17, 15) is 13.6 Å². The molecule has 1 aliphatic carbocycles. The number of alkyl halides is 2. The first kappa shape index (κ1) is 13.4. The fourth-order valence-electron chi connectivity index (χ4n) is 2.82. The maximum absolute atomic E-state index is 12.7.